The van der Waals surface area contributed by atoms with E-state index in [0.717, 1.165) is 11.6 Å². The lowest BCUT2D eigenvalue weighted by Gasteiger charge is -2.30. The molecule has 1 amide bonds. The number of hydrogen-bond acceptors (Lipinski definition) is 6. The Balaban J connectivity index is 1.59. The van der Waals surface area contributed by atoms with Gasteiger partial charge in [0, 0.05) is 24.4 Å². The molecular formula is C20H16ClN3O5S2. The first-order valence-electron chi connectivity index (χ1n) is 9.22. The Hall–Kier alpha value is -2.95. The topological polar surface area (TPSA) is 110 Å². The van der Waals surface area contributed by atoms with Gasteiger partial charge < -0.3 is 5.32 Å². The summed E-state index contributed by atoms with van der Waals surface area (Å²) in [5, 5.41) is 15.2. The molecule has 0 saturated heterocycles. The standard InChI is InChI=1S/C20H16ClN3O5S2/c21-17-12-15(24(26)27)6-7-16(17)20(25)22-14-5-8-18-13(11-14)3-1-9-23(18)31(28,29)19-4-2-10-30-19/h2,4-8,10-12H,1,3,9H2,(H,22,25). The molecule has 1 N–H and O–H groups in total. The minimum Gasteiger partial charge on any atom is -0.322 e. The predicted octanol–water partition coefficient (Wildman–Crippen LogP) is 4.70. The molecule has 0 unspecified atom stereocenters. The molecule has 4 rings (SSSR count). The normalized spacial score (nSPS) is 13.5. The largest absolute Gasteiger partial charge is 0.322 e. The van der Waals surface area contributed by atoms with Gasteiger partial charge in [0.1, 0.15) is 4.21 Å². The molecule has 0 atom stereocenters. The highest BCUT2D eigenvalue weighted by molar-refractivity contribution is 7.94. The molecule has 1 aromatic heterocycles. The summed E-state index contributed by atoms with van der Waals surface area (Å²) >= 11 is 7.20. The number of carbonyl (C=O) groups excluding carboxylic acids is 1. The molecule has 0 spiro atoms. The molecule has 1 aliphatic heterocycles. The first kappa shape index (κ1) is 21.3. The van der Waals surface area contributed by atoms with Crippen molar-refractivity contribution in [3.05, 3.63) is 80.2 Å². The van der Waals surface area contributed by atoms with Gasteiger partial charge in [-0.15, -0.1) is 11.3 Å². The lowest BCUT2D eigenvalue weighted by atomic mass is 10.0. The number of rotatable bonds is 5. The minimum absolute atomic E-state index is 0.0297. The van der Waals surface area contributed by atoms with Crippen molar-refractivity contribution in [3.63, 3.8) is 0 Å². The monoisotopic (exact) mass is 477 g/mol. The number of nitro benzene ring substituents is 1. The number of thiophene rings is 1. The highest BCUT2D eigenvalue weighted by Crippen LogP contribution is 2.35. The van der Waals surface area contributed by atoms with Crippen molar-refractivity contribution in [1.82, 2.24) is 0 Å². The number of nitro groups is 1. The Morgan fingerprint density at radius 2 is 2.00 bits per heavy atom. The van der Waals surface area contributed by atoms with Crippen LogP contribution in [0.1, 0.15) is 22.3 Å². The zero-order valence-corrected chi connectivity index (χ0v) is 18.3. The van der Waals surface area contributed by atoms with E-state index in [1.54, 1.807) is 35.7 Å². The number of non-ortho nitro benzene ring substituents is 1. The van der Waals surface area contributed by atoms with Crippen LogP contribution in [-0.2, 0) is 16.4 Å². The fourth-order valence-electron chi connectivity index (χ4n) is 3.41. The molecule has 11 heteroatoms. The Morgan fingerprint density at radius 3 is 2.68 bits per heavy atom. The molecule has 0 bridgehead atoms. The number of sulfonamides is 1. The molecule has 1 aliphatic rings. The van der Waals surface area contributed by atoms with Gasteiger partial charge in [0.25, 0.3) is 21.6 Å². The number of carbonyl (C=O) groups is 1. The van der Waals surface area contributed by atoms with Crippen molar-refractivity contribution in [2.45, 2.75) is 17.1 Å². The summed E-state index contributed by atoms with van der Waals surface area (Å²) in [7, 11) is -3.64. The fourth-order valence-corrected chi connectivity index (χ4v) is 6.32. The van der Waals surface area contributed by atoms with Crippen molar-refractivity contribution in [2.75, 3.05) is 16.2 Å². The summed E-state index contributed by atoms with van der Waals surface area (Å²) in [4.78, 5) is 22.8. The Bertz CT molecular complexity index is 1280. The van der Waals surface area contributed by atoms with Crippen molar-refractivity contribution in [2.24, 2.45) is 0 Å². The van der Waals surface area contributed by atoms with Gasteiger partial charge in [-0.1, -0.05) is 17.7 Å². The van der Waals surface area contributed by atoms with Crippen LogP contribution in [0.2, 0.25) is 5.02 Å². The van der Waals surface area contributed by atoms with Crippen molar-refractivity contribution < 1.29 is 18.1 Å². The molecule has 0 fully saturated rings. The third-order valence-corrected chi connectivity index (χ3v) is 8.36. The van der Waals surface area contributed by atoms with E-state index < -0.39 is 20.9 Å². The zero-order chi connectivity index (χ0) is 22.2. The molecule has 31 heavy (non-hydrogen) atoms. The lowest BCUT2D eigenvalue weighted by molar-refractivity contribution is -0.384. The van der Waals surface area contributed by atoms with Crippen LogP contribution in [-0.4, -0.2) is 25.8 Å². The zero-order valence-electron chi connectivity index (χ0n) is 15.9. The van der Waals surface area contributed by atoms with E-state index >= 15 is 0 Å². The highest BCUT2D eigenvalue weighted by atomic mass is 35.5. The predicted molar refractivity (Wildman–Crippen MR) is 120 cm³/mol. The maximum atomic E-state index is 13.0. The van der Waals surface area contributed by atoms with Crippen molar-refractivity contribution >= 4 is 55.9 Å². The lowest BCUT2D eigenvalue weighted by Crippen LogP contribution is -2.35. The van der Waals surface area contributed by atoms with E-state index in [-0.39, 0.29) is 20.5 Å². The second kappa shape index (κ2) is 8.29. The number of fused-ring (bicyclic) bond motifs is 1. The average Bonchev–Trinajstić information content (AvgIpc) is 3.28. The second-order valence-electron chi connectivity index (χ2n) is 6.83. The minimum atomic E-state index is -3.64. The third kappa shape index (κ3) is 4.14. The maximum Gasteiger partial charge on any atom is 0.273 e. The summed E-state index contributed by atoms with van der Waals surface area (Å²) in [6.45, 7) is 0.386. The van der Waals surface area contributed by atoms with Crippen LogP contribution in [0.15, 0.2) is 58.1 Å². The quantitative estimate of drug-likeness (QED) is 0.423. The van der Waals surface area contributed by atoms with Gasteiger partial charge in [-0.3, -0.25) is 19.2 Å². The number of nitrogens with one attached hydrogen (secondary N) is 1. The number of amides is 1. The van der Waals surface area contributed by atoms with Gasteiger partial charge >= 0.3 is 0 Å². The van der Waals surface area contributed by atoms with Gasteiger partial charge in [-0.2, -0.15) is 0 Å². The Labute approximate surface area is 187 Å². The van der Waals surface area contributed by atoms with E-state index in [4.69, 9.17) is 11.6 Å². The van der Waals surface area contributed by atoms with E-state index in [1.165, 1.54) is 27.8 Å². The molecule has 160 valence electrons. The van der Waals surface area contributed by atoms with E-state index in [9.17, 15) is 23.3 Å². The molecule has 3 aromatic rings. The van der Waals surface area contributed by atoms with Gasteiger partial charge in [-0.25, -0.2) is 8.42 Å². The molecule has 8 nitrogen and oxygen atoms in total. The highest BCUT2D eigenvalue weighted by Gasteiger charge is 2.30. The summed E-state index contributed by atoms with van der Waals surface area (Å²) in [5.41, 5.74) is 1.77. The third-order valence-electron chi connectivity index (χ3n) is 4.86. The number of benzene rings is 2. The van der Waals surface area contributed by atoms with Crippen LogP contribution in [0.25, 0.3) is 0 Å². The number of hydrogen-bond donors (Lipinski definition) is 1. The maximum absolute atomic E-state index is 13.0. The van der Waals surface area contributed by atoms with Gasteiger partial charge in [0.2, 0.25) is 0 Å². The van der Waals surface area contributed by atoms with Crippen LogP contribution in [0.5, 0.6) is 0 Å². The smallest absolute Gasteiger partial charge is 0.273 e. The van der Waals surface area contributed by atoms with Crippen LogP contribution in [0.3, 0.4) is 0 Å². The Morgan fingerprint density at radius 1 is 1.19 bits per heavy atom. The van der Waals surface area contributed by atoms with E-state index in [2.05, 4.69) is 5.32 Å². The van der Waals surface area contributed by atoms with Crippen molar-refractivity contribution in [3.8, 4) is 0 Å². The van der Waals surface area contributed by atoms with Crippen LogP contribution in [0.4, 0.5) is 17.1 Å². The second-order valence-corrected chi connectivity index (χ2v) is 10.3. The first-order chi connectivity index (χ1) is 14.8. The average molecular weight is 478 g/mol. The number of anilines is 2. The van der Waals surface area contributed by atoms with E-state index in [1.807, 2.05) is 0 Å². The van der Waals surface area contributed by atoms with Gasteiger partial charge in [-0.05, 0) is 54.1 Å². The molecule has 0 radical (unpaired) electrons. The molecule has 0 aliphatic carbocycles. The summed E-state index contributed by atoms with van der Waals surface area (Å²) < 4.78 is 27.6. The molecule has 2 heterocycles. The van der Waals surface area contributed by atoms with Crippen molar-refractivity contribution in [1.29, 1.82) is 0 Å². The van der Waals surface area contributed by atoms with E-state index in [0.29, 0.717) is 30.8 Å². The van der Waals surface area contributed by atoms with Crippen LogP contribution in [0, 0.1) is 10.1 Å². The summed E-state index contributed by atoms with van der Waals surface area (Å²) in [5.74, 6) is -0.515. The summed E-state index contributed by atoms with van der Waals surface area (Å²) in [6, 6.07) is 11.9. The molecule has 0 saturated carbocycles. The van der Waals surface area contributed by atoms with Crippen LogP contribution >= 0.6 is 22.9 Å². The summed E-state index contributed by atoms with van der Waals surface area (Å²) in [6.07, 6.45) is 1.33. The van der Waals surface area contributed by atoms with Gasteiger partial charge in [0.05, 0.1) is 21.2 Å². The Kier molecular flexibility index (Phi) is 5.69. The number of nitrogens with zero attached hydrogens (tertiary/aromatic N) is 2. The number of halogens is 1. The van der Waals surface area contributed by atoms with Crippen LogP contribution < -0.4 is 9.62 Å². The SMILES string of the molecule is O=C(Nc1ccc2c(c1)CCCN2S(=O)(=O)c1cccs1)c1ccc([N+](=O)[O-])cc1Cl. The molecular weight excluding hydrogens is 462 g/mol. The number of aryl methyl sites for hydroxylation is 1. The fraction of sp³-hybridized carbons (Fsp3) is 0.150. The first-order valence-corrected chi connectivity index (χ1v) is 11.9. The molecule has 2 aromatic carbocycles. The van der Waals surface area contributed by atoms with Gasteiger partial charge in [0.15, 0.2) is 0 Å².